The third kappa shape index (κ3) is 2.44. The lowest BCUT2D eigenvalue weighted by Crippen LogP contribution is -2.31. The summed E-state index contributed by atoms with van der Waals surface area (Å²) in [5.41, 5.74) is 1.15. The van der Waals surface area contributed by atoms with Crippen molar-refractivity contribution in [1.29, 1.82) is 0 Å². The van der Waals surface area contributed by atoms with E-state index in [2.05, 4.69) is 10.3 Å². The average Bonchev–Trinajstić information content (AvgIpc) is 3.12. The van der Waals surface area contributed by atoms with Gasteiger partial charge < -0.3 is 14.8 Å². The SMILES string of the molecule is CC1NC(=O)N(c2cccc(Oc3ccc4c(c3)OCC4)n2)C1=O. The van der Waals surface area contributed by atoms with E-state index in [9.17, 15) is 9.59 Å². The fourth-order valence-corrected chi connectivity index (χ4v) is 2.74. The van der Waals surface area contributed by atoms with E-state index >= 15 is 0 Å². The van der Waals surface area contributed by atoms with E-state index in [1.54, 1.807) is 25.1 Å². The van der Waals surface area contributed by atoms with Gasteiger partial charge >= 0.3 is 6.03 Å². The predicted octanol–water partition coefficient (Wildman–Crippen LogP) is 2.25. The molecule has 2 aliphatic heterocycles. The molecule has 1 saturated heterocycles. The molecule has 1 aromatic carbocycles. The summed E-state index contributed by atoms with van der Waals surface area (Å²) in [6.07, 6.45) is 0.897. The van der Waals surface area contributed by atoms with Gasteiger partial charge in [-0.1, -0.05) is 12.1 Å². The first-order chi connectivity index (χ1) is 11.6. The molecule has 2 aliphatic rings. The zero-order chi connectivity index (χ0) is 16.7. The maximum Gasteiger partial charge on any atom is 0.330 e. The molecule has 3 heterocycles. The molecule has 1 atom stereocenters. The normalized spacial score (nSPS) is 19.0. The number of carbonyl (C=O) groups excluding carboxylic acids is 2. The molecule has 0 aliphatic carbocycles. The quantitative estimate of drug-likeness (QED) is 0.876. The summed E-state index contributed by atoms with van der Waals surface area (Å²) in [5.74, 6) is 1.59. The van der Waals surface area contributed by atoms with E-state index in [-0.39, 0.29) is 11.7 Å². The summed E-state index contributed by atoms with van der Waals surface area (Å²) in [6.45, 7) is 2.31. The molecule has 1 unspecified atom stereocenters. The van der Waals surface area contributed by atoms with Gasteiger partial charge in [-0.3, -0.25) is 4.79 Å². The van der Waals surface area contributed by atoms with Gasteiger partial charge in [-0.05, 0) is 24.6 Å². The lowest BCUT2D eigenvalue weighted by Gasteiger charge is -2.13. The van der Waals surface area contributed by atoms with Gasteiger partial charge in [0.25, 0.3) is 5.91 Å². The Morgan fingerprint density at radius 2 is 2.17 bits per heavy atom. The number of urea groups is 1. The molecule has 7 nitrogen and oxygen atoms in total. The highest BCUT2D eigenvalue weighted by molar-refractivity contribution is 6.20. The van der Waals surface area contributed by atoms with Crippen LogP contribution >= 0.6 is 0 Å². The first-order valence-corrected chi connectivity index (χ1v) is 7.67. The second-order valence-electron chi connectivity index (χ2n) is 5.65. The highest BCUT2D eigenvalue weighted by Gasteiger charge is 2.37. The molecule has 0 spiro atoms. The van der Waals surface area contributed by atoms with Gasteiger partial charge in [0.05, 0.1) is 6.61 Å². The molecule has 4 rings (SSSR count). The third-order valence-corrected chi connectivity index (χ3v) is 3.96. The number of hydrogen-bond acceptors (Lipinski definition) is 5. The van der Waals surface area contributed by atoms with Gasteiger partial charge in [-0.2, -0.15) is 4.98 Å². The molecular weight excluding hydrogens is 310 g/mol. The van der Waals surface area contributed by atoms with Crippen LogP contribution in [0.25, 0.3) is 0 Å². The number of nitrogens with one attached hydrogen (secondary N) is 1. The van der Waals surface area contributed by atoms with E-state index in [0.717, 1.165) is 22.6 Å². The van der Waals surface area contributed by atoms with Crippen molar-refractivity contribution in [2.75, 3.05) is 11.5 Å². The highest BCUT2D eigenvalue weighted by Crippen LogP contribution is 2.32. The number of carbonyl (C=O) groups is 2. The molecule has 1 aromatic heterocycles. The van der Waals surface area contributed by atoms with Gasteiger partial charge in [0, 0.05) is 18.6 Å². The Morgan fingerprint density at radius 1 is 1.29 bits per heavy atom. The van der Waals surface area contributed by atoms with Crippen molar-refractivity contribution in [1.82, 2.24) is 10.3 Å². The van der Waals surface area contributed by atoms with Crippen molar-refractivity contribution in [3.8, 4) is 17.4 Å². The largest absolute Gasteiger partial charge is 0.493 e. The maximum absolute atomic E-state index is 12.1. The monoisotopic (exact) mass is 325 g/mol. The molecule has 1 fully saturated rings. The lowest BCUT2D eigenvalue weighted by molar-refractivity contribution is -0.118. The van der Waals surface area contributed by atoms with Crippen LogP contribution in [0.15, 0.2) is 36.4 Å². The minimum absolute atomic E-state index is 0.233. The third-order valence-electron chi connectivity index (χ3n) is 3.96. The summed E-state index contributed by atoms with van der Waals surface area (Å²) in [4.78, 5) is 29.2. The summed E-state index contributed by atoms with van der Waals surface area (Å²) >= 11 is 0. The Hall–Kier alpha value is -3.09. The number of ether oxygens (including phenoxy) is 2. The number of fused-ring (bicyclic) bond motifs is 1. The van der Waals surface area contributed by atoms with Crippen molar-refractivity contribution >= 4 is 17.8 Å². The van der Waals surface area contributed by atoms with Crippen LogP contribution in [0.2, 0.25) is 0 Å². The minimum atomic E-state index is -0.558. The fourth-order valence-electron chi connectivity index (χ4n) is 2.74. The zero-order valence-electron chi connectivity index (χ0n) is 13.0. The number of pyridine rings is 1. The smallest absolute Gasteiger partial charge is 0.330 e. The van der Waals surface area contributed by atoms with Crippen LogP contribution in [0.4, 0.5) is 10.6 Å². The topological polar surface area (TPSA) is 80.8 Å². The Kier molecular flexibility index (Phi) is 3.34. The van der Waals surface area contributed by atoms with Crippen LogP contribution in [-0.4, -0.2) is 29.6 Å². The average molecular weight is 325 g/mol. The number of amides is 3. The van der Waals surface area contributed by atoms with Crippen LogP contribution in [0, 0.1) is 0 Å². The van der Waals surface area contributed by atoms with E-state index in [1.165, 1.54) is 0 Å². The standard InChI is InChI=1S/C17H15N3O4/c1-10-16(21)20(17(22)18-10)14-3-2-4-15(19-14)24-12-6-5-11-7-8-23-13(11)9-12/h2-6,9-10H,7-8H2,1H3,(H,18,22). The first kappa shape index (κ1) is 14.5. The Balaban J connectivity index is 1.59. The highest BCUT2D eigenvalue weighted by atomic mass is 16.5. The zero-order valence-corrected chi connectivity index (χ0v) is 13.0. The van der Waals surface area contributed by atoms with Gasteiger partial charge in [-0.15, -0.1) is 0 Å². The Bertz CT molecular complexity index is 836. The van der Waals surface area contributed by atoms with E-state index in [0.29, 0.717) is 18.2 Å². The summed E-state index contributed by atoms with van der Waals surface area (Å²) in [5, 5.41) is 2.55. The summed E-state index contributed by atoms with van der Waals surface area (Å²) in [7, 11) is 0. The minimum Gasteiger partial charge on any atom is -0.493 e. The van der Waals surface area contributed by atoms with E-state index in [4.69, 9.17) is 9.47 Å². The first-order valence-electron chi connectivity index (χ1n) is 7.67. The summed E-state index contributed by atoms with van der Waals surface area (Å²) < 4.78 is 11.3. The molecule has 2 aromatic rings. The van der Waals surface area contributed by atoms with Gasteiger partial charge in [0.1, 0.15) is 23.4 Å². The molecule has 122 valence electrons. The molecule has 3 amide bonds. The van der Waals surface area contributed by atoms with Crippen molar-refractivity contribution < 1.29 is 19.1 Å². The van der Waals surface area contributed by atoms with E-state index < -0.39 is 12.1 Å². The number of benzene rings is 1. The number of rotatable bonds is 3. The van der Waals surface area contributed by atoms with Crippen LogP contribution < -0.4 is 19.7 Å². The second kappa shape index (κ2) is 5.52. The van der Waals surface area contributed by atoms with E-state index in [1.807, 2.05) is 18.2 Å². The van der Waals surface area contributed by atoms with Gasteiger partial charge in [-0.25, -0.2) is 9.69 Å². The molecule has 0 radical (unpaired) electrons. The van der Waals surface area contributed by atoms with Gasteiger partial charge in [0.15, 0.2) is 0 Å². The number of aromatic nitrogens is 1. The summed E-state index contributed by atoms with van der Waals surface area (Å²) in [6, 6.07) is 9.52. The molecule has 1 N–H and O–H groups in total. The van der Waals surface area contributed by atoms with Crippen LogP contribution in [0.1, 0.15) is 12.5 Å². The second-order valence-corrected chi connectivity index (χ2v) is 5.65. The van der Waals surface area contributed by atoms with Crippen molar-refractivity contribution in [3.63, 3.8) is 0 Å². The van der Waals surface area contributed by atoms with Crippen molar-refractivity contribution in [2.45, 2.75) is 19.4 Å². The maximum atomic E-state index is 12.1. The Labute approximate surface area is 138 Å². The molecular formula is C17H15N3O4. The molecule has 0 bridgehead atoms. The number of anilines is 1. The van der Waals surface area contributed by atoms with Crippen LogP contribution in [-0.2, 0) is 11.2 Å². The molecule has 24 heavy (non-hydrogen) atoms. The Morgan fingerprint density at radius 3 is 2.96 bits per heavy atom. The molecule has 7 heteroatoms. The predicted molar refractivity (Wildman–Crippen MR) is 85.4 cm³/mol. The molecule has 0 saturated carbocycles. The number of nitrogens with zero attached hydrogens (tertiary/aromatic N) is 2. The van der Waals surface area contributed by atoms with Crippen molar-refractivity contribution in [2.24, 2.45) is 0 Å². The lowest BCUT2D eigenvalue weighted by atomic mass is 10.2. The van der Waals surface area contributed by atoms with Crippen LogP contribution in [0.5, 0.6) is 17.4 Å². The van der Waals surface area contributed by atoms with Crippen LogP contribution in [0.3, 0.4) is 0 Å². The fraction of sp³-hybridized carbons (Fsp3) is 0.235. The number of hydrogen-bond donors (Lipinski definition) is 1. The van der Waals surface area contributed by atoms with Crippen molar-refractivity contribution in [3.05, 3.63) is 42.0 Å². The van der Waals surface area contributed by atoms with Gasteiger partial charge in [0.2, 0.25) is 5.88 Å². The number of imide groups is 1.